The molecule has 0 radical (unpaired) electrons. The number of sulfonamides is 1. The van der Waals surface area contributed by atoms with Crippen LogP contribution >= 0.6 is 0 Å². The number of hydrogen-bond donors (Lipinski definition) is 1. The van der Waals surface area contributed by atoms with Crippen LogP contribution in [0.4, 0.5) is 0 Å². The van der Waals surface area contributed by atoms with Crippen molar-refractivity contribution in [1.82, 2.24) is 8.87 Å². The molecule has 1 atom stereocenters. The smallest absolute Gasteiger partial charge is 0.244 e. The molecular formula is C13H22N2O3S. The van der Waals surface area contributed by atoms with E-state index >= 15 is 0 Å². The van der Waals surface area contributed by atoms with Gasteiger partial charge in [-0.25, -0.2) is 8.42 Å². The molecule has 0 spiro atoms. The van der Waals surface area contributed by atoms with Crippen LogP contribution in [0.3, 0.4) is 0 Å². The standard InChI is InChI=1S/C13H22N2O3S/c1-3-14-9-13(8-12(14)10-16)19(17,18)15-7-5-4-6-11(15)2/h8-9,11,16H,3-7,10H2,1-2H3. The highest BCUT2D eigenvalue weighted by Gasteiger charge is 2.31. The number of piperidine rings is 1. The lowest BCUT2D eigenvalue weighted by molar-refractivity contribution is 0.268. The van der Waals surface area contributed by atoms with E-state index in [2.05, 4.69) is 0 Å². The van der Waals surface area contributed by atoms with Gasteiger partial charge in [-0.2, -0.15) is 4.31 Å². The average molecular weight is 286 g/mol. The van der Waals surface area contributed by atoms with Crippen LogP contribution in [0.1, 0.15) is 38.8 Å². The molecule has 1 saturated heterocycles. The van der Waals surface area contributed by atoms with Crippen molar-refractivity contribution < 1.29 is 13.5 Å². The van der Waals surface area contributed by atoms with Gasteiger partial charge in [-0.3, -0.25) is 0 Å². The van der Waals surface area contributed by atoms with E-state index in [-0.39, 0.29) is 12.6 Å². The van der Waals surface area contributed by atoms with Crippen LogP contribution in [-0.2, 0) is 23.2 Å². The highest BCUT2D eigenvalue weighted by molar-refractivity contribution is 7.89. The first-order chi connectivity index (χ1) is 9.00. The van der Waals surface area contributed by atoms with E-state index in [0.717, 1.165) is 19.3 Å². The first-order valence-electron chi connectivity index (χ1n) is 6.82. The first kappa shape index (κ1) is 14.6. The summed E-state index contributed by atoms with van der Waals surface area (Å²) in [6, 6.07) is 1.64. The fourth-order valence-electron chi connectivity index (χ4n) is 2.66. The van der Waals surface area contributed by atoms with Crippen molar-refractivity contribution in [3.8, 4) is 0 Å². The zero-order valence-electron chi connectivity index (χ0n) is 11.5. The molecule has 19 heavy (non-hydrogen) atoms. The van der Waals surface area contributed by atoms with Crippen molar-refractivity contribution in [2.24, 2.45) is 0 Å². The lowest BCUT2D eigenvalue weighted by Crippen LogP contribution is -2.41. The predicted molar refractivity (Wildman–Crippen MR) is 73.2 cm³/mol. The van der Waals surface area contributed by atoms with Gasteiger partial charge in [0.05, 0.1) is 6.61 Å². The molecule has 2 heterocycles. The molecule has 6 heteroatoms. The fourth-order valence-corrected chi connectivity index (χ4v) is 4.42. The third kappa shape index (κ3) is 2.70. The SMILES string of the molecule is CCn1cc(S(=O)(=O)N2CCCCC2C)cc1CO. The molecule has 5 nitrogen and oxygen atoms in total. The molecule has 1 aromatic heterocycles. The van der Waals surface area contributed by atoms with Crippen LogP contribution in [0, 0.1) is 0 Å². The molecule has 0 saturated carbocycles. The Hall–Kier alpha value is -0.850. The van der Waals surface area contributed by atoms with Crippen LogP contribution in [0.2, 0.25) is 0 Å². The molecule has 108 valence electrons. The maximum atomic E-state index is 12.6. The van der Waals surface area contributed by atoms with Gasteiger partial charge < -0.3 is 9.67 Å². The van der Waals surface area contributed by atoms with Gasteiger partial charge in [-0.1, -0.05) is 6.42 Å². The summed E-state index contributed by atoms with van der Waals surface area (Å²) in [5, 5.41) is 9.26. The second-order valence-electron chi connectivity index (χ2n) is 5.07. The zero-order valence-corrected chi connectivity index (χ0v) is 12.4. The van der Waals surface area contributed by atoms with Crippen molar-refractivity contribution in [3.05, 3.63) is 18.0 Å². The summed E-state index contributed by atoms with van der Waals surface area (Å²) in [5.41, 5.74) is 0.644. The third-order valence-electron chi connectivity index (χ3n) is 3.81. The summed E-state index contributed by atoms with van der Waals surface area (Å²) >= 11 is 0. The van der Waals surface area contributed by atoms with Crippen molar-refractivity contribution >= 4 is 10.0 Å². The Kier molecular flexibility index (Phi) is 4.32. The minimum atomic E-state index is -3.43. The second-order valence-corrected chi connectivity index (χ2v) is 6.96. The van der Waals surface area contributed by atoms with Crippen LogP contribution in [-0.4, -0.2) is 35.0 Å². The van der Waals surface area contributed by atoms with E-state index in [4.69, 9.17) is 0 Å². The summed E-state index contributed by atoms with van der Waals surface area (Å²) in [7, 11) is -3.43. The number of rotatable bonds is 4. The number of nitrogens with zero attached hydrogens (tertiary/aromatic N) is 2. The van der Waals surface area contributed by atoms with Crippen molar-refractivity contribution in [2.45, 2.75) is 57.2 Å². The van der Waals surface area contributed by atoms with E-state index in [9.17, 15) is 13.5 Å². The lowest BCUT2D eigenvalue weighted by atomic mass is 10.1. The normalized spacial score (nSPS) is 21.7. The number of aliphatic hydroxyl groups is 1. The van der Waals surface area contributed by atoms with E-state index in [0.29, 0.717) is 23.7 Å². The van der Waals surface area contributed by atoms with Crippen LogP contribution in [0.15, 0.2) is 17.2 Å². The van der Waals surface area contributed by atoms with Gasteiger partial charge in [0.1, 0.15) is 4.90 Å². The van der Waals surface area contributed by atoms with Gasteiger partial charge in [0.25, 0.3) is 0 Å². The molecule has 0 bridgehead atoms. The highest BCUT2D eigenvalue weighted by atomic mass is 32.2. The summed E-state index contributed by atoms with van der Waals surface area (Å²) < 4.78 is 28.6. The lowest BCUT2D eigenvalue weighted by Gasteiger charge is -2.31. The van der Waals surface area contributed by atoms with E-state index in [1.165, 1.54) is 0 Å². The maximum Gasteiger partial charge on any atom is 0.244 e. The van der Waals surface area contributed by atoms with Crippen LogP contribution in [0.5, 0.6) is 0 Å². The van der Waals surface area contributed by atoms with Crippen LogP contribution in [0.25, 0.3) is 0 Å². The molecule has 0 aromatic carbocycles. The molecule has 1 aliphatic heterocycles. The first-order valence-corrected chi connectivity index (χ1v) is 8.26. The number of hydrogen-bond acceptors (Lipinski definition) is 3. The minimum absolute atomic E-state index is 0.0568. The number of aryl methyl sites for hydroxylation is 1. The molecule has 0 aliphatic carbocycles. The molecule has 2 rings (SSSR count). The summed E-state index contributed by atoms with van der Waals surface area (Å²) in [4.78, 5) is 0.298. The largest absolute Gasteiger partial charge is 0.390 e. The third-order valence-corrected chi connectivity index (χ3v) is 5.79. The zero-order chi connectivity index (χ0) is 14.0. The predicted octanol–water partition coefficient (Wildman–Crippen LogP) is 1.56. The molecule has 0 amide bonds. The topological polar surface area (TPSA) is 62.5 Å². The minimum Gasteiger partial charge on any atom is -0.390 e. The Morgan fingerprint density at radius 3 is 2.68 bits per heavy atom. The van der Waals surface area contributed by atoms with E-state index in [1.807, 2.05) is 13.8 Å². The van der Waals surface area contributed by atoms with Crippen LogP contribution < -0.4 is 0 Å². The number of aromatic nitrogens is 1. The molecule has 1 aliphatic rings. The fraction of sp³-hybridized carbons (Fsp3) is 0.692. The van der Waals surface area contributed by atoms with Gasteiger partial charge in [0.2, 0.25) is 10.0 Å². The molecule has 1 fully saturated rings. The van der Waals surface area contributed by atoms with E-state index in [1.54, 1.807) is 21.1 Å². The van der Waals surface area contributed by atoms with Crippen molar-refractivity contribution in [2.75, 3.05) is 6.54 Å². The van der Waals surface area contributed by atoms with Gasteiger partial charge in [0, 0.05) is 31.0 Å². The summed E-state index contributed by atoms with van der Waals surface area (Å²) in [6.45, 7) is 4.99. The monoisotopic (exact) mass is 286 g/mol. The van der Waals surface area contributed by atoms with Gasteiger partial charge in [-0.05, 0) is 32.8 Å². The van der Waals surface area contributed by atoms with Gasteiger partial charge in [0.15, 0.2) is 0 Å². The second kappa shape index (κ2) is 5.64. The van der Waals surface area contributed by atoms with Gasteiger partial charge in [-0.15, -0.1) is 0 Å². The van der Waals surface area contributed by atoms with Crippen molar-refractivity contribution in [3.63, 3.8) is 0 Å². The van der Waals surface area contributed by atoms with Gasteiger partial charge >= 0.3 is 0 Å². The molecular weight excluding hydrogens is 264 g/mol. The maximum absolute atomic E-state index is 12.6. The van der Waals surface area contributed by atoms with E-state index < -0.39 is 10.0 Å². The summed E-state index contributed by atoms with van der Waals surface area (Å²) in [6.07, 6.45) is 4.55. The number of aliphatic hydroxyl groups excluding tert-OH is 1. The molecule has 1 unspecified atom stereocenters. The Morgan fingerprint density at radius 1 is 1.42 bits per heavy atom. The Balaban J connectivity index is 2.35. The van der Waals surface area contributed by atoms with Crippen molar-refractivity contribution in [1.29, 1.82) is 0 Å². The Bertz CT molecular complexity index is 515. The molecule has 1 N–H and O–H groups in total. The molecule has 1 aromatic rings. The quantitative estimate of drug-likeness (QED) is 0.913. The highest BCUT2D eigenvalue weighted by Crippen LogP contribution is 2.26. The average Bonchev–Trinajstić information content (AvgIpc) is 2.83. The Morgan fingerprint density at radius 2 is 2.16 bits per heavy atom. The summed E-state index contributed by atoms with van der Waals surface area (Å²) in [5.74, 6) is 0. The Labute approximate surface area is 114 Å².